The van der Waals surface area contributed by atoms with Gasteiger partial charge in [0.1, 0.15) is 5.75 Å². The lowest BCUT2D eigenvalue weighted by Gasteiger charge is -2.45. The quantitative estimate of drug-likeness (QED) is 0.178. The summed E-state index contributed by atoms with van der Waals surface area (Å²) >= 11 is 0. The average Bonchev–Trinajstić information content (AvgIpc) is 2.99. The Bertz CT molecular complexity index is 1590. The Morgan fingerprint density at radius 2 is 1.72 bits per heavy atom. The Kier molecular flexibility index (Phi) is 7.07. The van der Waals surface area contributed by atoms with E-state index in [1.54, 1.807) is 7.11 Å². The molecule has 39 heavy (non-hydrogen) atoms. The number of methoxy groups -OCH3 is 1. The molecule has 2 heterocycles. The van der Waals surface area contributed by atoms with Crippen molar-refractivity contribution in [3.05, 3.63) is 109 Å². The predicted molar refractivity (Wildman–Crippen MR) is 161 cm³/mol. The van der Waals surface area contributed by atoms with E-state index in [0.29, 0.717) is 11.8 Å². The Balaban J connectivity index is 1.46. The number of rotatable bonds is 7. The van der Waals surface area contributed by atoms with E-state index >= 15 is 0 Å². The molecule has 1 saturated heterocycles. The van der Waals surface area contributed by atoms with Gasteiger partial charge in [0, 0.05) is 30.7 Å². The van der Waals surface area contributed by atoms with Gasteiger partial charge in [-0.2, -0.15) is 0 Å². The van der Waals surface area contributed by atoms with Gasteiger partial charge in [-0.3, -0.25) is 9.88 Å². The second-order valence-electron chi connectivity index (χ2n) is 10.8. The van der Waals surface area contributed by atoms with E-state index in [-0.39, 0.29) is 6.04 Å². The molecule has 4 aromatic carbocycles. The maximum absolute atomic E-state index is 12.1. The SMILES string of the molecule is C=CC1CN(Cc2c3ccccc3cc3ccccc23)C([C@H](O)c2ccnc3ccc(OC)cc23)CC1CC. The van der Waals surface area contributed by atoms with E-state index in [1.807, 2.05) is 30.5 Å². The van der Waals surface area contributed by atoms with Crippen molar-refractivity contribution in [2.75, 3.05) is 13.7 Å². The number of pyridine rings is 1. The lowest BCUT2D eigenvalue weighted by atomic mass is 9.77. The van der Waals surface area contributed by atoms with E-state index in [2.05, 4.69) is 84.1 Å². The fourth-order valence-electron chi connectivity index (χ4n) is 6.66. The lowest BCUT2D eigenvalue weighted by Crippen LogP contribution is -2.49. The molecule has 5 aromatic rings. The second kappa shape index (κ2) is 10.8. The van der Waals surface area contributed by atoms with Crippen LogP contribution >= 0.6 is 0 Å². The van der Waals surface area contributed by atoms with Crippen LogP contribution in [0.2, 0.25) is 0 Å². The third-order valence-electron chi connectivity index (χ3n) is 8.80. The second-order valence-corrected chi connectivity index (χ2v) is 10.8. The molecule has 1 aliphatic heterocycles. The molecule has 0 spiro atoms. The van der Waals surface area contributed by atoms with Crippen LogP contribution in [0.25, 0.3) is 32.4 Å². The molecule has 198 valence electrons. The Hall–Kier alpha value is -3.73. The number of aliphatic hydroxyl groups is 1. The van der Waals surface area contributed by atoms with Gasteiger partial charge < -0.3 is 9.84 Å². The molecule has 1 N–H and O–H groups in total. The molecule has 0 bridgehead atoms. The predicted octanol–water partition coefficient (Wildman–Crippen LogP) is 7.69. The fraction of sp³-hybridized carbons (Fsp3) is 0.286. The molecule has 4 nitrogen and oxygen atoms in total. The first-order valence-corrected chi connectivity index (χ1v) is 14.0. The highest BCUT2D eigenvalue weighted by molar-refractivity contribution is 6.02. The molecule has 6 rings (SSSR count). The van der Waals surface area contributed by atoms with Crippen LogP contribution < -0.4 is 4.74 Å². The molecule has 1 aromatic heterocycles. The summed E-state index contributed by atoms with van der Waals surface area (Å²) in [5, 5.41) is 18.1. The van der Waals surface area contributed by atoms with Gasteiger partial charge in [0.2, 0.25) is 0 Å². The molecular weight excluding hydrogens is 480 g/mol. The van der Waals surface area contributed by atoms with E-state index in [9.17, 15) is 5.11 Å². The number of nitrogens with zero attached hydrogens (tertiary/aromatic N) is 2. The summed E-state index contributed by atoms with van der Waals surface area (Å²) in [7, 11) is 1.67. The van der Waals surface area contributed by atoms with Crippen LogP contribution in [0, 0.1) is 11.8 Å². The van der Waals surface area contributed by atoms with Crippen molar-refractivity contribution in [2.24, 2.45) is 11.8 Å². The van der Waals surface area contributed by atoms with Crippen LogP contribution in [0.3, 0.4) is 0 Å². The van der Waals surface area contributed by atoms with Gasteiger partial charge in [-0.25, -0.2) is 0 Å². The molecule has 0 amide bonds. The minimum Gasteiger partial charge on any atom is -0.497 e. The molecule has 1 fully saturated rings. The lowest BCUT2D eigenvalue weighted by molar-refractivity contribution is -0.0116. The third-order valence-corrected chi connectivity index (χ3v) is 8.80. The van der Waals surface area contributed by atoms with Gasteiger partial charge in [-0.15, -0.1) is 6.58 Å². The molecule has 0 saturated carbocycles. The van der Waals surface area contributed by atoms with Crippen molar-refractivity contribution in [2.45, 2.75) is 38.5 Å². The van der Waals surface area contributed by atoms with E-state index in [1.165, 1.54) is 27.1 Å². The average molecular weight is 517 g/mol. The van der Waals surface area contributed by atoms with Crippen molar-refractivity contribution < 1.29 is 9.84 Å². The van der Waals surface area contributed by atoms with Gasteiger partial charge >= 0.3 is 0 Å². The van der Waals surface area contributed by atoms with Gasteiger partial charge in [0.05, 0.1) is 18.7 Å². The van der Waals surface area contributed by atoms with E-state index < -0.39 is 6.10 Å². The Labute approximate surface area is 230 Å². The van der Waals surface area contributed by atoms with Crippen LogP contribution in [-0.2, 0) is 6.54 Å². The number of hydrogen-bond acceptors (Lipinski definition) is 4. The smallest absolute Gasteiger partial charge is 0.119 e. The van der Waals surface area contributed by atoms with Crippen LogP contribution in [0.1, 0.15) is 37.0 Å². The van der Waals surface area contributed by atoms with E-state index in [4.69, 9.17) is 4.74 Å². The number of aromatic nitrogens is 1. The minimum atomic E-state index is -0.663. The van der Waals surface area contributed by atoms with Crippen LogP contribution in [0.4, 0.5) is 0 Å². The summed E-state index contributed by atoms with van der Waals surface area (Å²) in [5.74, 6) is 1.63. The zero-order valence-corrected chi connectivity index (χ0v) is 22.8. The molecule has 1 aliphatic rings. The molecule has 4 atom stereocenters. The van der Waals surface area contributed by atoms with E-state index in [0.717, 1.165) is 48.1 Å². The largest absolute Gasteiger partial charge is 0.497 e. The normalized spacial score (nSPS) is 20.8. The van der Waals surface area contributed by atoms with Gasteiger partial charge in [0.25, 0.3) is 0 Å². The van der Waals surface area contributed by atoms with Gasteiger partial charge in [-0.1, -0.05) is 68.0 Å². The minimum absolute atomic E-state index is 0.0410. The summed E-state index contributed by atoms with van der Waals surface area (Å²) in [6, 6.07) is 27.4. The highest BCUT2D eigenvalue weighted by Crippen LogP contribution is 2.40. The zero-order valence-electron chi connectivity index (χ0n) is 22.8. The Morgan fingerprint density at radius 1 is 1.00 bits per heavy atom. The standard InChI is InChI=1S/C35H36N2O2/c1-4-23-19-34(35(38)30-16-17-36-33-15-14-27(39-3)20-31(30)33)37(21-24(23)5-2)22-32-28-12-8-6-10-25(28)18-26-11-7-9-13-29(26)32/h5-18,20,23-24,34-35,38H,2,4,19,21-22H2,1,3H3/t23?,24?,34?,35-/m1/s1. The van der Waals surface area contributed by atoms with Crippen molar-refractivity contribution in [1.29, 1.82) is 0 Å². The third kappa shape index (κ3) is 4.69. The summed E-state index contributed by atoms with van der Waals surface area (Å²) in [4.78, 5) is 7.07. The van der Waals surface area contributed by atoms with Crippen LogP contribution in [-0.4, -0.2) is 34.7 Å². The molecule has 0 aliphatic carbocycles. The first-order valence-electron chi connectivity index (χ1n) is 14.0. The van der Waals surface area contributed by atoms with Gasteiger partial charge in [-0.05, 0) is 81.3 Å². The number of hydrogen-bond donors (Lipinski definition) is 1. The van der Waals surface area contributed by atoms with Crippen molar-refractivity contribution in [3.8, 4) is 5.75 Å². The van der Waals surface area contributed by atoms with Crippen LogP contribution in [0.15, 0.2) is 97.7 Å². The number of likely N-dealkylation sites (tertiary alicyclic amines) is 1. The number of aliphatic hydroxyl groups excluding tert-OH is 1. The summed E-state index contributed by atoms with van der Waals surface area (Å²) in [6.07, 6.45) is 5.24. The maximum atomic E-state index is 12.1. The topological polar surface area (TPSA) is 45.6 Å². The first kappa shape index (κ1) is 25.5. The fourth-order valence-corrected chi connectivity index (χ4v) is 6.66. The molecule has 3 unspecified atom stereocenters. The monoisotopic (exact) mass is 516 g/mol. The summed E-state index contributed by atoms with van der Waals surface area (Å²) in [5.41, 5.74) is 3.09. The first-order chi connectivity index (χ1) is 19.1. The maximum Gasteiger partial charge on any atom is 0.119 e. The van der Waals surface area contributed by atoms with Crippen LogP contribution in [0.5, 0.6) is 5.75 Å². The number of ether oxygens (including phenoxy) is 1. The number of fused-ring (bicyclic) bond motifs is 3. The summed E-state index contributed by atoms with van der Waals surface area (Å²) < 4.78 is 5.52. The van der Waals surface area contributed by atoms with Gasteiger partial charge in [0.15, 0.2) is 0 Å². The summed E-state index contributed by atoms with van der Waals surface area (Å²) in [6.45, 7) is 8.09. The Morgan fingerprint density at radius 3 is 2.38 bits per heavy atom. The number of piperidine rings is 1. The highest BCUT2D eigenvalue weighted by Gasteiger charge is 2.38. The molecule has 0 radical (unpaired) electrons. The number of benzene rings is 4. The zero-order chi connectivity index (χ0) is 26.9. The van der Waals surface area contributed by atoms with Crippen molar-refractivity contribution in [1.82, 2.24) is 9.88 Å². The van der Waals surface area contributed by atoms with Crippen molar-refractivity contribution >= 4 is 32.4 Å². The van der Waals surface area contributed by atoms with Crippen molar-refractivity contribution in [3.63, 3.8) is 0 Å². The molecular formula is C35H36N2O2. The highest BCUT2D eigenvalue weighted by atomic mass is 16.5. The molecule has 4 heteroatoms.